The molecule has 27 heavy (non-hydrogen) atoms. The van der Waals surface area contributed by atoms with Gasteiger partial charge in [0.1, 0.15) is 0 Å². The molecule has 0 bridgehead atoms. The Morgan fingerprint density at radius 2 is 1.00 bits per heavy atom. The second-order valence-corrected chi connectivity index (χ2v) is 14.1. The van der Waals surface area contributed by atoms with Crippen LogP contribution in [0.5, 0.6) is 0 Å². The highest BCUT2D eigenvalue weighted by molar-refractivity contribution is 6.78. The Balaban J connectivity index is 1.64. The van der Waals surface area contributed by atoms with Crippen molar-refractivity contribution in [3.8, 4) is 0 Å². The first-order valence-corrected chi connectivity index (χ1v) is 14.2. The lowest BCUT2D eigenvalue weighted by Gasteiger charge is -2.52. The van der Waals surface area contributed by atoms with Crippen LogP contribution < -0.4 is 0 Å². The third kappa shape index (κ3) is 4.53. The molecule has 0 aromatic heterocycles. The molecule has 0 atom stereocenters. The van der Waals surface area contributed by atoms with Crippen molar-refractivity contribution in [3.63, 3.8) is 0 Å². The Labute approximate surface area is 168 Å². The zero-order chi connectivity index (χ0) is 18.4. The molecule has 3 fully saturated rings. The molecular weight excluding hydrogens is 344 g/mol. The average molecular weight is 385 g/mol. The Bertz CT molecular complexity index is 493. The van der Waals surface area contributed by atoms with Crippen LogP contribution in [0.3, 0.4) is 0 Å². The van der Waals surface area contributed by atoms with Gasteiger partial charge in [0.05, 0.1) is 6.61 Å². The van der Waals surface area contributed by atoms with E-state index in [1.807, 2.05) is 0 Å². The summed E-state index contributed by atoms with van der Waals surface area (Å²) >= 11 is 0. The van der Waals surface area contributed by atoms with Crippen molar-refractivity contribution in [1.29, 1.82) is 0 Å². The molecule has 1 aromatic rings. The fourth-order valence-corrected chi connectivity index (χ4v) is 13.9. The van der Waals surface area contributed by atoms with E-state index < -0.39 is 8.32 Å². The summed E-state index contributed by atoms with van der Waals surface area (Å²) in [5, 5.41) is 0. The topological polar surface area (TPSA) is 9.23 Å². The van der Waals surface area contributed by atoms with Gasteiger partial charge in [0, 0.05) is 0 Å². The fraction of sp³-hybridized carbons (Fsp3) is 0.760. The van der Waals surface area contributed by atoms with Gasteiger partial charge < -0.3 is 4.43 Å². The molecule has 1 nitrogen and oxygen atoms in total. The highest BCUT2D eigenvalue weighted by atomic mass is 28.4. The van der Waals surface area contributed by atoms with Crippen molar-refractivity contribution < 1.29 is 4.43 Å². The minimum atomic E-state index is -1.78. The first kappa shape index (κ1) is 19.7. The summed E-state index contributed by atoms with van der Waals surface area (Å²) in [6.07, 6.45) is 22.1. The molecule has 150 valence electrons. The molecule has 0 amide bonds. The Morgan fingerprint density at radius 3 is 1.41 bits per heavy atom. The lowest BCUT2D eigenvalue weighted by molar-refractivity contribution is 0.228. The zero-order valence-electron chi connectivity index (χ0n) is 17.3. The summed E-state index contributed by atoms with van der Waals surface area (Å²) in [4.78, 5) is 0. The van der Waals surface area contributed by atoms with Crippen LogP contribution in [0.1, 0.15) is 102 Å². The molecule has 0 spiro atoms. The van der Waals surface area contributed by atoms with Gasteiger partial charge >= 0.3 is 0 Å². The van der Waals surface area contributed by atoms with Crippen LogP contribution in [0.15, 0.2) is 30.3 Å². The Kier molecular flexibility index (Phi) is 7.11. The number of rotatable bonds is 6. The summed E-state index contributed by atoms with van der Waals surface area (Å²) in [6.45, 7) is 0.885. The normalized spacial score (nSPS) is 24.1. The Morgan fingerprint density at radius 1 is 0.593 bits per heavy atom. The van der Waals surface area contributed by atoms with Crippen molar-refractivity contribution in [3.05, 3.63) is 35.9 Å². The molecule has 0 aliphatic heterocycles. The van der Waals surface area contributed by atoms with Crippen LogP contribution in [-0.4, -0.2) is 8.32 Å². The van der Waals surface area contributed by atoms with E-state index in [9.17, 15) is 0 Å². The molecule has 0 unspecified atom stereocenters. The lowest BCUT2D eigenvalue weighted by atomic mass is 9.98. The maximum Gasteiger partial charge on any atom is 0.202 e. The van der Waals surface area contributed by atoms with Crippen LogP contribution in [0.2, 0.25) is 16.6 Å². The third-order valence-electron chi connectivity index (χ3n) is 8.06. The van der Waals surface area contributed by atoms with Crippen LogP contribution in [0.25, 0.3) is 0 Å². The number of benzene rings is 1. The van der Waals surface area contributed by atoms with Gasteiger partial charge in [-0.2, -0.15) is 0 Å². The van der Waals surface area contributed by atoms with Crippen molar-refractivity contribution in [2.45, 2.75) is 120 Å². The van der Waals surface area contributed by atoms with E-state index in [0.717, 1.165) is 23.2 Å². The minimum absolute atomic E-state index is 0.885. The van der Waals surface area contributed by atoms with Crippen LogP contribution >= 0.6 is 0 Å². The van der Waals surface area contributed by atoms with Crippen molar-refractivity contribution in [1.82, 2.24) is 0 Å². The van der Waals surface area contributed by atoms with Crippen molar-refractivity contribution in [2.24, 2.45) is 0 Å². The molecular formula is C25H40OSi. The van der Waals surface area contributed by atoms with E-state index in [1.54, 1.807) is 0 Å². The highest BCUT2D eigenvalue weighted by Gasteiger charge is 2.54. The fourth-order valence-electron chi connectivity index (χ4n) is 6.80. The maximum atomic E-state index is 7.37. The predicted octanol–water partition coefficient (Wildman–Crippen LogP) is 8.15. The molecule has 3 aliphatic carbocycles. The van der Waals surface area contributed by atoms with E-state index in [-0.39, 0.29) is 0 Å². The van der Waals surface area contributed by atoms with Gasteiger partial charge in [0.25, 0.3) is 0 Å². The smallest absolute Gasteiger partial charge is 0.202 e. The molecule has 3 aliphatic rings. The Hall–Kier alpha value is -0.603. The van der Waals surface area contributed by atoms with Crippen molar-refractivity contribution >= 4 is 8.32 Å². The molecule has 0 radical (unpaired) electrons. The SMILES string of the molecule is c1ccc(CO[Si](C2CCCCC2)(C2CCCCC2)C2CCCCC2)cc1. The zero-order valence-corrected chi connectivity index (χ0v) is 18.3. The summed E-state index contributed by atoms with van der Waals surface area (Å²) in [7, 11) is -1.78. The van der Waals surface area contributed by atoms with E-state index in [1.165, 1.54) is 102 Å². The quantitative estimate of drug-likeness (QED) is 0.449. The minimum Gasteiger partial charge on any atom is -0.412 e. The maximum absolute atomic E-state index is 7.37. The molecule has 0 saturated heterocycles. The van der Waals surface area contributed by atoms with Gasteiger partial charge in [0.15, 0.2) is 0 Å². The molecule has 3 saturated carbocycles. The highest BCUT2D eigenvalue weighted by Crippen LogP contribution is 2.57. The first-order valence-electron chi connectivity index (χ1n) is 12.1. The largest absolute Gasteiger partial charge is 0.412 e. The van der Waals surface area contributed by atoms with Gasteiger partial charge in [-0.3, -0.25) is 0 Å². The predicted molar refractivity (Wildman–Crippen MR) is 117 cm³/mol. The summed E-state index contributed by atoms with van der Waals surface area (Å²) in [5.74, 6) is 0. The molecule has 0 heterocycles. The number of hydrogen-bond donors (Lipinski definition) is 0. The van der Waals surface area contributed by atoms with Gasteiger partial charge in [-0.15, -0.1) is 0 Å². The molecule has 1 aromatic carbocycles. The third-order valence-corrected chi connectivity index (χ3v) is 14.3. The van der Waals surface area contributed by atoms with Gasteiger partial charge in [0.2, 0.25) is 8.32 Å². The van der Waals surface area contributed by atoms with Gasteiger partial charge in [-0.1, -0.05) is 127 Å². The summed E-state index contributed by atoms with van der Waals surface area (Å²) < 4.78 is 7.37. The summed E-state index contributed by atoms with van der Waals surface area (Å²) in [5.41, 5.74) is 4.24. The first-order chi connectivity index (χ1) is 13.4. The van der Waals surface area contributed by atoms with Crippen LogP contribution in [0, 0.1) is 0 Å². The molecule has 0 N–H and O–H groups in total. The lowest BCUT2D eigenvalue weighted by Crippen LogP contribution is -2.53. The summed E-state index contributed by atoms with van der Waals surface area (Å²) in [6, 6.07) is 11.1. The monoisotopic (exact) mass is 384 g/mol. The van der Waals surface area contributed by atoms with Gasteiger partial charge in [-0.05, 0) is 22.2 Å². The standard InChI is InChI=1S/C25H40OSi/c1-5-13-22(14-6-1)21-26-27(23-15-7-2-8-16-23,24-17-9-3-10-18-24)25-19-11-4-12-20-25/h1,5-6,13-14,23-25H,2-4,7-12,15-21H2. The second kappa shape index (κ2) is 9.74. The van der Waals surface area contributed by atoms with Crippen molar-refractivity contribution in [2.75, 3.05) is 0 Å². The van der Waals surface area contributed by atoms with E-state index in [0.29, 0.717) is 0 Å². The van der Waals surface area contributed by atoms with E-state index in [4.69, 9.17) is 4.43 Å². The van der Waals surface area contributed by atoms with Gasteiger partial charge in [-0.25, -0.2) is 0 Å². The van der Waals surface area contributed by atoms with E-state index in [2.05, 4.69) is 30.3 Å². The van der Waals surface area contributed by atoms with Crippen LogP contribution in [0.4, 0.5) is 0 Å². The average Bonchev–Trinajstić information content (AvgIpc) is 2.77. The second-order valence-electron chi connectivity index (χ2n) is 9.63. The number of hydrogen-bond acceptors (Lipinski definition) is 1. The van der Waals surface area contributed by atoms with Crippen LogP contribution in [-0.2, 0) is 11.0 Å². The molecule has 2 heteroatoms. The molecule has 4 rings (SSSR count). The van der Waals surface area contributed by atoms with E-state index >= 15 is 0 Å².